The van der Waals surface area contributed by atoms with Crippen molar-refractivity contribution >= 4 is 6.16 Å². The fourth-order valence-electron chi connectivity index (χ4n) is 2.60. The second-order valence-electron chi connectivity index (χ2n) is 8.86. The molecular weight excluding hydrogens is 362 g/mol. The third kappa shape index (κ3) is 5.78. The summed E-state index contributed by atoms with van der Waals surface area (Å²) in [5.41, 5.74) is 2.22. The molecule has 2 unspecified atom stereocenters. The molecule has 2 aromatic carbocycles. The van der Waals surface area contributed by atoms with E-state index in [1.165, 1.54) is 24.3 Å². The lowest BCUT2D eigenvalue weighted by molar-refractivity contribution is -0.0767. The third-order valence-electron chi connectivity index (χ3n) is 4.48. The van der Waals surface area contributed by atoms with Gasteiger partial charge in [-0.25, -0.2) is 4.79 Å². The molecule has 0 aromatic heterocycles. The average Bonchev–Trinajstić information content (AvgIpc) is 2.60. The van der Waals surface area contributed by atoms with Crippen molar-refractivity contribution in [3.05, 3.63) is 70.8 Å². The molecule has 0 heterocycles. The molecule has 5 heteroatoms. The van der Waals surface area contributed by atoms with Crippen LogP contribution < -0.4 is 0 Å². The second kappa shape index (κ2) is 8.29. The maximum atomic E-state index is 14.2. The van der Waals surface area contributed by atoms with Gasteiger partial charge in [-0.05, 0) is 22.0 Å². The summed E-state index contributed by atoms with van der Waals surface area (Å²) in [6.45, 7) is 12.2. The number of halogens is 2. The lowest BCUT2D eigenvalue weighted by atomic mass is 9.87. The molecule has 0 bridgehead atoms. The molecule has 152 valence electrons. The van der Waals surface area contributed by atoms with Gasteiger partial charge in [-0.1, -0.05) is 90.1 Å². The predicted octanol–water partition coefficient (Wildman–Crippen LogP) is 7.07. The molecular formula is C23H28F2O3. The SMILES string of the molecule is CC(C)(C)c1ccc(C(F)OC(=O)OC(F)c2ccc(C(C)(C)C)cc2)cc1. The summed E-state index contributed by atoms with van der Waals surface area (Å²) in [5, 5.41) is 0. The summed E-state index contributed by atoms with van der Waals surface area (Å²) in [7, 11) is 0. The Balaban J connectivity index is 1.95. The first-order valence-electron chi connectivity index (χ1n) is 9.24. The monoisotopic (exact) mass is 390 g/mol. The van der Waals surface area contributed by atoms with E-state index in [9.17, 15) is 13.6 Å². The van der Waals surface area contributed by atoms with Crippen molar-refractivity contribution in [2.75, 3.05) is 0 Å². The van der Waals surface area contributed by atoms with Crippen LogP contribution in [0.15, 0.2) is 48.5 Å². The quantitative estimate of drug-likeness (QED) is 0.524. The van der Waals surface area contributed by atoms with Crippen LogP contribution >= 0.6 is 0 Å². The Kier molecular flexibility index (Phi) is 6.48. The van der Waals surface area contributed by atoms with Crippen LogP contribution in [-0.4, -0.2) is 6.16 Å². The van der Waals surface area contributed by atoms with Crippen LogP contribution in [0, 0.1) is 0 Å². The second-order valence-corrected chi connectivity index (χ2v) is 8.86. The topological polar surface area (TPSA) is 35.5 Å². The molecule has 0 spiro atoms. The standard InChI is InChI=1S/C23H28F2O3/c1-22(2,3)17-11-7-15(8-12-17)19(24)27-21(26)28-20(25)16-9-13-18(14-10-16)23(4,5)6/h7-14,19-20H,1-6H3. The highest BCUT2D eigenvalue weighted by Crippen LogP contribution is 2.28. The Morgan fingerprint density at radius 3 is 1.21 bits per heavy atom. The van der Waals surface area contributed by atoms with Crippen molar-refractivity contribution in [2.24, 2.45) is 0 Å². The largest absolute Gasteiger partial charge is 0.513 e. The van der Waals surface area contributed by atoms with Gasteiger partial charge >= 0.3 is 6.16 Å². The Hall–Kier alpha value is -2.43. The minimum Gasteiger partial charge on any atom is -0.395 e. The van der Waals surface area contributed by atoms with Gasteiger partial charge in [0.2, 0.25) is 0 Å². The van der Waals surface area contributed by atoms with Gasteiger partial charge in [-0.3, -0.25) is 0 Å². The first-order chi connectivity index (χ1) is 12.9. The lowest BCUT2D eigenvalue weighted by Crippen LogP contribution is -2.14. The van der Waals surface area contributed by atoms with Crippen LogP contribution in [0.4, 0.5) is 13.6 Å². The summed E-state index contributed by atoms with van der Waals surface area (Å²) in [6, 6.07) is 13.2. The Labute approximate surface area is 165 Å². The van der Waals surface area contributed by atoms with Gasteiger partial charge in [0.1, 0.15) is 0 Å². The van der Waals surface area contributed by atoms with E-state index < -0.39 is 18.9 Å². The van der Waals surface area contributed by atoms with Gasteiger partial charge < -0.3 is 9.47 Å². The number of hydrogen-bond acceptors (Lipinski definition) is 3. The number of ether oxygens (including phenoxy) is 2. The maximum absolute atomic E-state index is 14.2. The highest BCUT2D eigenvalue weighted by molar-refractivity contribution is 5.60. The van der Waals surface area contributed by atoms with Gasteiger partial charge in [0.05, 0.1) is 0 Å². The molecule has 0 amide bonds. The zero-order chi connectivity index (χ0) is 21.1. The average molecular weight is 390 g/mol. The Morgan fingerprint density at radius 1 is 0.679 bits per heavy atom. The van der Waals surface area contributed by atoms with Crippen LogP contribution in [0.3, 0.4) is 0 Å². The molecule has 2 aromatic rings. The molecule has 0 radical (unpaired) electrons. The first-order valence-corrected chi connectivity index (χ1v) is 9.24. The molecule has 28 heavy (non-hydrogen) atoms. The van der Waals surface area contributed by atoms with E-state index >= 15 is 0 Å². The summed E-state index contributed by atoms with van der Waals surface area (Å²) < 4.78 is 37.5. The van der Waals surface area contributed by atoms with E-state index in [0.717, 1.165) is 11.1 Å². The molecule has 2 rings (SSSR count). The molecule has 3 nitrogen and oxygen atoms in total. The molecule has 2 atom stereocenters. The lowest BCUT2D eigenvalue weighted by Gasteiger charge is -2.20. The number of carbonyl (C=O) groups excluding carboxylic acids is 1. The number of alkyl halides is 2. The van der Waals surface area contributed by atoms with Gasteiger partial charge in [0.25, 0.3) is 12.7 Å². The Morgan fingerprint density at radius 2 is 0.964 bits per heavy atom. The van der Waals surface area contributed by atoms with E-state index in [1.807, 2.05) is 41.5 Å². The summed E-state index contributed by atoms with van der Waals surface area (Å²) in [6.07, 6.45) is -5.46. The van der Waals surface area contributed by atoms with Gasteiger partial charge in [-0.15, -0.1) is 0 Å². The molecule has 0 aliphatic rings. The highest BCUT2D eigenvalue weighted by atomic mass is 19.2. The van der Waals surface area contributed by atoms with Crippen LogP contribution in [0.1, 0.15) is 76.5 Å². The third-order valence-corrected chi connectivity index (χ3v) is 4.48. The minimum absolute atomic E-state index is 0.0753. The van der Waals surface area contributed by atoms with Gasteiger partial charge in [0.15, 0.2) is 0 Å². The zero-order valence-electron chi connectivity index (χ0n) is 17.3. The number of rotatable bonds is 4. The minimum atomic E-state index is -2.03. The van der Waals surface area contributed by atoms with E-state index in [2.05, 4.69) is 9.47 Å². The summed E-state index contributed by atoms with van der Waals surface area (Å²) >= 11 is 0. The van der Waals surface area contributed by atoms with Crippen LogP contribution in [0.25, 0.3) is 0 Å². The van der Waals surface area contributed by atoms with Crippen molar-refractivity contribution in [2.45, 2.75) is 65.1 Å². The van der Waals surface area contributed by atoms with Crippen molar-refractivity contribution < 1.29 is 23.0 Å². The molecule has 0 aliphatic carbocycles. The van der Waals surface area contributed by atoms with E-state index in [4.69, 9.17) is 0 Å². The highest BCUT2D eigenvalue weighted by Gasteiger charge is 2.23. The molecule has 0 saturated heterocycles. The van der Waals surface area contributed by atoms with Crippen LogP contribution in [0.2, 0.25) is 0 Å². The summed E-state index contributed by atoms with van der Waals surface area (Å²) in [5.74, 6) is 0. The van der Waals surface area contributed by atoms with Gasteiger partial charge in [0, 0.05) is 11.1 Å². The van der Waals surface area contributed by atoms with E-state index in [-0.39, 0.29) is 22.0 Å². The Bertz CT molecular complexity index is 717. The van der Waals surface area contributed by atoms with E-state index in [0.29, 0.717) is 0 Å². The predicted molar refractivity (Wildman–Crippen MR) is 106 cm³/mol. The fraction of sp³-hybridized carbons (Fsp3) is 0.435. The van der Waals surface area contributed by atoms with Gasteiger partial charge in [-0.2, -0.15) is 8.78 Å². The van der Waals surface area contributed by atoms with E-state index in [1.54, 1.807) is 24.3 Å². The number of carbonyl (C=O) groups is 1. The maximum Gasteiger partial charge on any atom is 0.513 e. The fourth-order valence-corrected chi connectivity index (χ4v) is 2.60. The normalized spacial score (nSPS) is 14.3. The van der Waals surface area contributed by atoms with Crippen molar-refractivity contribution in [1.82, 2.24) is 0 Å². The van der Waals surface area contributed by atoms with Crippen molar-refractivity contribution in [3.63, 3.8) is 0 Å². The first kappa shape index (κ1) is 21.9. The number of benzene rings is 2. The van der Waals surface area contributed by atoms with Crippen LogP contribution in [0.5, 0.6) is 0 Å². The number of hydrogen-bond donors (Lipinski definition) is 0. The van der Waals surface area contributed by atoms with Crippen molar-refractivity contribution in [1.29, 1.82) is 0 Å². The molecule has 0 N–H and O–H groups in total. The van der Waals surface area contributed by atoms with Crippen LogP contribution in [-0.2, 0) is 20.3 Å². The zero-order valence-corrected chi connectivity index (χ0v) is 17.3. The summed E-state index contributed by atoms with van der Waals surface area (Å²) in [4.78, 5) is 11.7. The molecule has 0 fully saturated rings. The molecule has 0 saturated carbocycles. The van der Waals surface area contributed by atoms with Crippen molar-refractivity contribution in [3.8, 4) is 0 Å². The molecule has 0 aliphatic heterocycles. The smallest absolute Gasteiger partial charge is 0.395 e.